The maximum absolute atomic E-state index is 11.7. The molecule has 0 radical (unpaired) electrons. The first-order chi connectivity index (χ1) is 10.1. The maximum atomic E-state index is 11.7. The number of anilines is 1. The van der Waals surface area contributed by atoms with Crippen LogP contribution < -0.4 is 10.6 Å². The monoisotopic (exact) mass is 280 g/mol. The van der Waals surface area contributed by atoms with Gasteiger partial charge in [-0.2, -0.15) is 0 Å². The van der Waals surface area contributed by atoms with Crippen LogP contribution in [0.25, 0.3) is 0 Å². The van der Waals surface area contributed by atoms with Crippen molar-refractivity contribution in [2.45, 2.75) is 20.4 Å². The molecule has 0 aliphatic carbocycles. The first kappa shape index (κ1) is 13.4. The normalized spacial score (nSPS) is 13.0. The molecular formula is C17H16N2O2. The number of fused-ring (bicyclic) bond motifs is 1. The molecule has 0 saturated heterocycles. The molecule has 3 rings (SSSR count). The summed E-state index contributed by atoms with van der Waals surface area (Å²) < 4.78 is 0. The molecule has 2 amide bonds. The quantitative estimate of drug-likeness (QED) is 0.850. The third-order valence-electron chi connectivity index (χ3n) is 3.85. The molecule has 0 unspecified atom stereocenters. The van der Waals surface area contributed by atoms with Crippen molar-refractivity contribution >= 4 is 17.5 Å². The van der Waals surface area contributed by atoms with Crippen molar-refractivity contribution in [3.63, 3.8) is 0 Å². The van der Waals surface area contributed by atoms with E-state index in [0.29, 0.717) is 17.7 Å². The first-order valence-electron chi connectivity index (χ1n) is 6.85. The molecule has 21 heavy (non-hydrogen) atoms. The van der Waals surface area contributed by atoms with E-state index in [2.05, 4.69) is 36.6 Å². The minimum absolute atomic E-state index is 0.323. The largest absolute Gasteiger partial charge is 0.381 e. The highest BCUT2D eigenvalue weighted by atomic mass is 16.2. The Balaban J connectivity index is 1.82. The van der Waals surface area contributed by atoms with Gasteiger partial charge < -0.3 is 5.32 Å². The van der Waals surface area contributed by atoms with Gasteiger partial charge in [0.2, 0.25) is 0 Å². The minimum Gasteiger partial charge on any atom is -0.381 e. The lowest BCUT2D eigenvalue weighted by molar-refractivity contribution is 0.0879. The fraction of sp³-hybridized carbons (Fsp3) is 0.176. The molecule has 2 aromatic carbocycles. The van der Waals surface area contributed by atoms with Crippen molar-refractivity contribution in [3.8, 4) is 0 Å². The maximum Gasteiger partial charge on any atom is 0.259 e. The van der Waals surface area contributed by atoms with Gasteiger partial charge in [0.05, 0.1) is 11.1 Å². The summed E-state index contributed by atoms with van der Waals surface area (Å²) in [5.74, 6) is -0.651. The van der Waals surface area contributed by atoms with Crippen molar-refractivity contribution in [2.75, 3.05) is 5.32 Å². The number of hydrogen-bond donors (Lipinski definition) is 2. The van der Waals surface area contributed by atoms with Crippen LogP contribution in [-0.4, -0.2) is 11.8 Å². The lowest BCUT2D eigenvalue weighted by Crippen LogP contribution is -2.19. The van der Waals surface area contributed by atoms with E-state index in [9.17, 15) is 9.59 Å². The molecule has 2 aromatic rings. The zero-order chi connectivity index (χ0) is 15.0. The minimum atomic E-state index is -0.328. The Labute approximate surface area is 123 Å². The Morgan fingerprint density at radius 3 is 2.33 bits per heavy atom. The van der Waals surface area contributed by atoms with Crippen LogP contribution in [0.3, 0.4) is 0 Å². The summed E-state index contributed by atoms with van der Waals surface area (Å²) >= 11 is 0. The molecule has 0 fully saturated rings. The molecule has 0 saturated carbocycles. The Morgan fingerprint density at radius 1 is 0.952 bits per heavy atom. The second kappa shape index (κ2) is 5.05. The van der Waals surface area contributed by atoms with Crippen LogP contribution in [0.4, 0.5) is 5.69 Å². The summed E-state index contributed by atoms with van der Waals surface area (Å²) in [6.07, 6.45) is 0. The van der Waals surface area contributed by atoms with Crippen LogP contribution in [0, 0.1) is 13.8 Å². The van der Waals surface area contributed by atoms with E-state index >= 15 is 0 Å². The lowest BCUT2D eigenvalue weighted by Gasteiger charge is -2.12. The number of benzene rings is 2. The zero-order valence-corrected chi connectivity index (χ0v) is 12.0. The number of rotatable bonds is 3. The first-order valence-corrected chi connectivity index (χ1v) is 6.85. The molecule has 4 nitrogen and oxygen atoms in total. The topological polar surface area (TPSA) is 58.2 Å². The summed E-state index contributed by atoms with van der Waals surface area (Å²) in [6.45, 7) is 4.85. The van der Waals surface area contributed by atoms with E-state index < -0.39 is 0 Å². The highest BCUT2D eigenvalue weighted by molar-refractivity contribution is 6.21. The van der Waals surface area contributed by atoms with E-state index in [1.165, 1.54) is 16.7 Å². The summed E-state index contributed by atoms with van der Waals surface area (Å²) in [5, 5.41) is 5.61. The Bertz CT molecular complexity index is 730. The van der Waals surface area contributed by atoms with Crippen molar-refractivity contribution in [1.82, 2.24) is 5.32 Å². The van der Waals surface area contributed by atoms with E-state index in [1.54, 1.807) is 12.1 Å². The summed E-state index contributed by atoms with van der Waals surface area (Å²) in [4.78, 5) is 23.2. The van der Waals surface area contributed by atoms with Crippen LogP contribution in [0.2, 0.25) is 0 Å². The van der Waals surface area contributed by atoms with E-state index in [1.807, 2.05) is 12.1 Å². The second-order valence-electron chi connectivity index (χ2n) is 5.27. The number of nitrogens with one attached hydrogen (secondary N) is 2. The van der Waals surface area contributed by atoms with E-state index in [0.717, 1.165) is 5.69 Å². The van der Waals surface area contributed by atoms with Crippen molar-refractivity contribution < 1.29 is 9.59 Å². The molecule has 1 heterocycles. The number of imide groups is 1. The lowest BCUT2D eigenvalue weighted by atomic mass is 10.0. The second-order valence-corrected chi connectivity index (χ2v) is 5.27. The highest BCUT2D eigenvalue weighted by Gasteiger charge is 2.26. The van der Waals surface area contributed by atoms with Crippen LogP contribution in [0.1, 0.15) is 37.4 Å². The van der Waals surface area contributed by atoms with Gasteiger partial charge in [0, 0.05) is 12.2 Å². The summed E-state index contributed by atoms with van der Waals surface area (Å²) in [7, 11) is 0. The molecule has 2 N–H and O–H groups in total. The molecule has 0 spiro atoms. The van der Waals surface area contributed by atoms with Crippen LogP contribution >= 0.6 is 0 Å². The van der Waals surface area contributed by atoms with Gasteiger partial charge in [-0.25, -0.2) is 0 Å². The highest BCUT2D eigenvalue weighted by Crippen LogP contribution is 2.21. The van der Waals surface area contributed by atoms with Gasteiger partial charge in [-0.05, 0) is 48.7 Å². The van der Waals surface area contributed by atoms with Gasteiger partial charge in [-0.3, -0.25) is 14.9 Å². The van der Waals surface area contributed by atoms with Crippen molar-refractivity contribution in [3.05, 3.63) is 64.2 Å². The molecular weight excluding hydrogens is 264 g/mol. The average Bonchev–Trinajstić information content (AvgIpc) is 2.73. The summed E-state index contributed by atoms with van der Waals surface area (Å²) in [6, 6.07) is 11.4. The number of aryl methyl sites for hydroxylation is 2. The third-order valence-corrected chi connectivity index (χ3v) is 3.85. The number of amides is 2. The molecule has 0 bridgehead atoms. The van der Waals surface area contributed by atoms with Crippen LogP contribution in [0.5, 0.6) is 0 Å². The SMILES string of the molecule is Cc1cccc(C)c1CNc1ccc2c(c1)C(=O)NC2=O. The van der Waals surface area contributed by atoms with Gasteiger partial charge in [0.15, 0.2) is 0 Å². The zero-order valence-electron chi connectivity index (χ0n) is 12.0. The van der Waals surface area contributed by atoms with Gasteiger partial charge in [-0.15, -0.1) is 0 Å². The molecule has 4 heteroatoms. The predicted octanol–water partition coefficient (Wildman–Crippen LogP) is 2.80. The molecule has 1 aliphatic rings. The Morgan fingerprint density at radius 2 is 1.62 bits per heavy atom. The predicted molar refractivity (Wildman–Crippen MR) is 81.5 cm³/mol. The van der Waals surface area contributed by atoms with Gasteiger partial charge in [-0.1, -0.05) is 18.2 Å². The average molecular weight is 280 g/mol. The third kappa shape index (κ3) is 2.40. The summed E-state index contributed by atoms with van der Waals surface area (Å²) in [5.41, 5.74) is 5.43. The Hall–Kier alpha value is -2.62. The Kier molecular flexibility index (Phi) is 3.22. The number of carbonyl (C=O) groups excluding carboxylic acids is 2. The van der Waals surface area contributed by atoms with Gasteiger partial charge >= 0.3 is 0 Å². The smallest absolute Gasteiger partial charge is 0.259 e. The van der Waals surface area contributed by atoms with E-state index in [4.69, 9.17) is 0 Å². The molecule has 0 aromatic heterocycles. The standard InChI is InChI=1S/C17H16N2O2/c1-10-4-3-5-11(2)15(10)9-18-12-6-7-13-14(8-12)17(21)19-16(13)20/h3-8,18H,9H2,1-2H3,(H,19,20,21). The van der Waals surface area contributed by atoms with Crippen molar-refractivity contribution in [1.29, 1.82) is 0 Å². The fourth-order valence-corrected chi connectivity index (χ4v) is 2.60. The van der Waals surface area contributed by atoms with Gasteiger partial charge in [0.1, 0.15) is 0 Å². The van der Waals surface area contributed by atoms with Crippen LogP contribution in [0.15, 0.2) is 36.4 Å². The van der Waals surface area contributed by atoms with Crippen molar-refractivity contribution in [2.24, 2.45) is 0 Å². The number of carbonyl (C=O) groups is 2. The number of hydrogen-bond acceptors (Lipinski definition) is 3. The molecule has 106 valence electrons. The fourth-order valence-electron chi connectivity index (χ4n) is 2.60. The van der Waals surface area contributed by atoms with Gasteiger partial charge in [0.25, 0.3) is 11.8 Å². The molecule has 1 aliphatic heterocycles. The van der Waals surface area contributed by atoms with Crippen LogP contribution in [-0.2, 0) is 6.54 Å². The van der Waals surface area contributed by atoms with E-state index in [-0.39, 0.29) is 11.8 Å². The molecule has 0 atom stereocenters.